The summed E-state index contributed by atoms with van der Waals surface area (Å²) in [5.74, 6) is -2.07. The molecule has 2 N–H and O–H groups in total. The lowest BCUT2D eigenvalue weighted by Crippen LogP contribution is -2.27. The lowest BCUT2D eigenvalue weighted by Gasteiger charge is -2.28. The Labute approximate surface area is 234 Å². The third-order valence-electron chi connectivity index (χ3n) is 7.67. The van der Waals surface area contributed by atoms with Gasteiger partial charge < -0.3 is 15.2 Å². The summed E-state index contributed by atoms with van der Waals surface area (Å²) in [5.41, 5.74) is -0.336. The Bertz CT molecular complexity index is 1430. The van der Waals surface area contributed by atoms with Crippen molar-refractivity contribution in [1.29, 1.82) is 0 Å². The summed E-state index contributed by atoms with van der Waals surface area (Å²) in [4.78, 5) is 15.6. The van der Waals surface area contributed by atoms with E-state index >= 15 is 0 Å². The van der Waals surface area contributed by atoms with Gasteiger partial charge in [0.15, 0.2) is 0 Å². The number of nitrogens with one attached hydrogen (secondary N) is 1. The summed E-state index contributed by atoms with van der Waals surface area (Å²) in [6, 6.07) is 9.37. The van der Waals surface area contributed by atoms with Crippen LogP contribution in [-0.4, -0.2) is 35.6 Å². The van der Waals surface area contributed by atoms with Crippen molar-refractivity contribution in [3.05, 3.63) is 88.0 Å². The number of hydrogen-bond donors (Lipinski definition) is 2. The van der Waals surface area contributed by atoms with Crippen molar-refractivity contribution < 1.29 is 36.6 Å². The maximum absolute atomic E-state index is 14.9. The molecule has 1 aliphatic carbocycles. The minimum Gasteiger partial charge on any atom is -0.456 e. The third kappa shape index (κ3) is 6.54. The van der Waals surface area contributed by atoms with Crippen molar-refractivity contribution in [2.24, 2.45) is 0 Å². The molecule has 1 unspecified atom stereocenters. The molecule has 2 aliphatic rings. The predicted molar refractivity (Wildman–Crippen MR) is 144 cm³/mol. The van der Waals surface area contributed by atoms with Crippen LogP contribution in [0.4, 0.5) is 27.6 Å². The highest BCUT2D eigenvalue weighted by molar-refractivity contribution is 6.06. The molecule has 1 aliphatic heterocycles. The molecule has 41 heavy (non-hydrogen) atoms. The van der Waals surface area contributed by atoms with Gasteiger partial charge in [-0.3, -0.25) is 9.69 Å². The van der Waals surface area contributed by atoms with Gasteiger partial charge in [-0.25, -0.2) is 8.78 Å². The molecule has 0 radical (unpaired) electrons. The van der Waals surface area contributed by atoms with E-state index in [9.17, 15) is 31.9 Å². The zero-order chi connectivity index (χ0) is 29.3. The van der Waals surface area contributed by atoms with E-state index in [1.165, 1.54) is 36.4 Å². The van der Waals surface area contributed by atoms with Crippen molar-refractivity contribution >= 4 is 11.6 Å². The van der Waals surface area contributed by atoms with E-state index < -0.39 is 35.3 Å². The van der Waals surface area contributed by atoms with Gasteiger partial charge in [0.05, 0.1) is 11.1 Å². The Morgan fingerprint density at radius 3 is 2.41 bits per heavy atom. The molecule has 3 aromatic rings. The smallest absolute Gasteiger partial charge is 0.416 e. The van der Waals surface area contributed by atoms with Crippen molar-refractivity contribution in [3.8, 4) is 11.5 Å². The van der Waals surface area contributed by atoms with Gasteiger partial charge in [0.25, 0.3) is 5.91 Å². The number of carbonyl (C=O) groups is 1. The number of amides is 1. The lowest BCUT2D eigenvalue weighted by molar-refractivity contribution is -0.138. The van der Waals surface area contributed by atoms with Gasteiger partial charge in [0.2, 0.25) is 0 Å². The van der Waals surface area contributed by atoms with E-state index in [1.807, 2.05) is 0 Å². The SMILES string of the molecule is Cc1cc(F)ccc1Oc1cc(C2CC2)c(C(F)(F)F)cc1C(=O)Nc1ccc(F)c(C(CCO)N2CCCC2)c1. The van der Waals surface area contributed by atoms with Gasteiger partial charge in [-0.05, 0) is 118 Å². The summed E-state index contributed by atoms with van der Waals surface area (Å²) in [6.45, 7) is 2.93. The van der Waals surface area contributed by atoms with Gasteiger partial charge in [-0.1, -0.05) is 0 Å². The fraction of sp³-hybridized carbons (Fsp3) is 0.387. The first-order valence-electron chi connectivity index (χ1n) is 13.7. The largest absolute Gasteiger partial charge is 0.456 e. The van der Waals surface area contributed by atoms with Crippen LogP contribution < -0.4 is 10.1 Å². The second kappa shape index (κ2) is 11.8. The monoisotopic (exact) mass is 574 g/mol. The minimum absolute atomic E-state index is 0.0466. The number of aryl methyl sites for hydroxylation is 1. The topological polar surface area (TPSA) is 61.8 Å². The van der Waals surface area contributed by atoms with E-state index in [-0.39, 0.29) is 46.4 Å². The fourth-order valence-electron chi connectivity index (χ4n) is 5.47. The van der Waals surface area contributed by atoms with E-state index in [2.05, 4.69) is 10.2 Å². The fourth-order valence-corrected chi connectivity index (χ4v) is 5.47. The quantitative estimate of drug-likeness (QED) is 0.257. The van der Waals surface area contributed by atoms with Crippen LogP contribution in [0.25, 0.3) is 0 Å². The lowest BCUT2D eigenvalue weighted by atomic mass is 9.98. The van der Waals surface area contributed by atoms with Gasteiger partial charge in [-0.2, -0.15) is 13.2 Å². The van der Waals surface area contributed by atoms with Gasteiger partial charge >= 0.3 is 6.18 Å². The number of hydrogen-bond acceptors (Lipinski definition) is 4. The number of likely N-dealkylation sites (tertiary alicyclic amines) is 1. The molecule has 218 valence electrons. The Hall–Kier alpha value is -3.50. The molecule has 10 heteroatoms. The van der Waals surface area contributed by atoms with Crippen LogP contribution in [0.2, 0.25) is 0 Å². The standard InChI is InChI=1S/C31H31F5N2O3/c1-18-14-20(32)6-9-28(18)41-29-17-22(19-4-5-19)25(31(34,35)36)16-24(29)30(40)37-21-7-8-26(33)23(15-21)27(10-13-39)38-11-2-3-12-38/h6-9,14-17,19,27,39H,2-5,10-13H2,1H3,(H,37,40). The number of anilines is 1. The van der Waals surface area contributed by atoms with E-state index in [1.54, 1.807) is 6.92 Å². The molecule has 1 amide bonds. The van der Waals surface area contributed by atoms with Gasteiger partial charge in [0, 0.05) is 23.9 Å². The highest BCUT2D eigenvalue weighted by Crippen LogP contribution is 2.48. The molecular weight excluding hydrogens is 543 g/mol. The number of alkyl halides is 3. The maximum atomic E-state index is 14.9. The molecule has 0 bridgehead atoms. The van der Waals surface area contributed by atoms with E-state index in [0.29, 0.717) is 24.8 Å². The second-order valence-electron chi connectivity index (χ2n) is 10.7. The predicted octanol–water partition coefficient (Wildman–Crippen LogP) is 7.73. The number of rotatable bonds is 9. The van der Waals surface area contributed by atoms with Crippen LogP contribution in [0.3, 0.4) is 0 Å². The Morgan fingerprint density at radius 1 is 1.05 bits per heavy atom. The zero-order valence-electron chi connectivity index (χ0n) is 22.5. The second-order valence-corrected chi connectivity index (χ2v) is 10.7. The number of carbonyl (C=O) groups excluding carboxylic acids is 1. The third-order valence-corrected chi connectivity index (χ3v) is 7.67. The summed E-state index contributed by atoms with van der Waals surface area (Å²) in [7, 11) is 0. The molecular formula is C31H31F5N2O3. The number of aliphatic hydroxyl groups excluding tert-OH is 1. The Morgan fingerprint density at radius 2 is 1.78 bits per heavy atom. The first kappa shape index (κ1) is 29.0. The first-order chi connectivity index (χ1) is 19.5. The highest BCUT2D eigenvalue weighted by atomic mass is 19.4. The number of aliphatic hydroxyl groups is 1. The average molecular weight is 575 g/mol. The van der Waals surface area contributed by atoms with Gasteiger partial charge in [0.1, 0.15) is 23.1 Å². The van der Waals surface area contributed by atoms with Crippen LogP contribution in [0.15, 0.2) is 48.5 Å². The Balaban J connectivity index is 1.52. The minimum atomic E-state index is -4.70. The van der Waals surface area contributed by atoms with Crippen molar-refractivity contribution in [3.63, 3.8) is 0 Å². The van der Waals surface area contributed by atoms with Gasteiger partial charge in [-0.15, -0.1) is 0 Å². The maximum Gasteiger partial charge on any atom is 0.416 e. The van der Waals surface area contributed by atoms with Crippen molar-refractivity contribution in [1.82, 2.24) is 4.90 Å². The number of ether oxygens (including phenoxy) is 1. The summed E-state index contributed by atoms with van der Waals surface area (Å²) in [5, 5.41) is 12.2. The number of nitrogens with zero attached hydrogens (tertiary/aromatic N) is 1. The summed E-state index contributed by atoms with van der Waals surface area (Å²) in [6.07, 6.45) is -1.32. The molecule has 2 fully saturated rings. The normalized spacial score (nSPS) is 16.6. The van der Waals surface area contributed by atoms with E-state index in [4.69, 9.17) is 4.74 Å². The van der Waals surface area contributed by atoms with Crippen molar-refractivity contribution in [2.45, 2.75) is 57.2 Å². The summed E-state index contributed by atoms with van der Waals surface area (Å²) >= 11 is 0. The molecule has 1 saturated carbocycles. The molecule has 1 atom stereocenters. The average Bonchev–Trinajstić information content (AvgIpc) is 3.63. The molecule has 1 saturated heterocycles. The summed E-state index contributed by atoms with van der Waals surface area (Å²) < 4.78 is 76.9. The zero-order valence-corrected chi connectivity index (χ0v) is 22.5. The van der Waals surface area contributed by atoms with Crippen LogP contribution in [0.5, 0.6) is 11.5 Å². The van der Waals surface area contributed by atoms with Crippen molar-refractivity contribution in [2.75, 3.05) is 25.0 Å². The molecule has 1 heterocycles. The van der Waals surface area contributed by atoms with Crippen LogP contribution in [0.1, 0.15) is 76.7 Å². The number of benzene rings is 3. The molecule has 5 nitrogen and oxygen atoms in total. The molecule has 3 aromatic carbocycles. The molecule has 0 spiro atoms. The number of halogens is 5. The van der Waals surface area contributed by atoms with Crippen LogP contribution in [0, 0.1) is 18.6 Å². The first-order valence-corrected chi connectivity index (χ1v) is 13.7. The van der Waals surface area contributed by atoms with E-state index in [0.717, 1.165) is 38.1 Å². The molecule has 0 aromatic heterocycles. The molecule has 5 rings (SSSR count). The Kier molecular flexibility index (Phi) is 8.33. The van der Waals surface area contributed by atoms with Crippen LogP contribution in [-0.2, 0) is 6.18 Å². The highest BCUT2D eigenvalue weighted by Gasteiger charge is 2.40. The van der Waals surface area contributed by atoms with Crippen LogP contribution >= 0.6 is 0 Å².